The maximum Gasteiger partial charge on any atom is 0.233 e. The van der Waals surface area contributed by atoms with Gasteiger partial charge in [-0.25, -0.2) is 4.39 Å². The standard InChI is InChI=1S/C30H36FN3O2/c1-21-27(30(35)34-17-4-3-5-28(34)32-21)16-20-33-18-14-24(15-19-33)29(22-6-10-25(31)11-7-22)23-8-12-26(36-2)13-9-23/h6-13,21,27H,3-5,14-20H2,1-2H3. The highest BCUT2D eigenvalue weighted by Gasteiger charge is 2.37. The molecule has 0 saturated carbocycles. The van der Waals surface area contributed by atoms with Gasteiger partial charge < -0.3 is 14.5 Å². The summed E-state index contributed by atoms with van der Waals surface area (Å²) < 4.78 is 19.0. The van der Waals surface area contributed by atoms with Crippen LogP contribution >= 0.6 is 0 Å². The van der Waals surface area contributed by atoms with Crippen LogP contribution < -0.4 is 4.74 Å². The van der Waals surface area contributed by atoms with Gasteiger partial charge in [0.2, 0.25) is 5.91 Å². The quantitative estimate of drug-likeness (QED) is 0.534. The molecule has 0 radical (unpaired) electrons. The maximum atomic E-state index is 13.7. The van der Waals surface area contributed by atoms with E-state index in [1.165, 1.54) is 23.3 Å². The lowest BCUT2D eigenvalue weighted by atomic mass is 9.88. The highest BCUT2D eigenvalue weighted by Crippen LogP contribution is 2.34. The summed E-state index contributed by atoms with van der Waals surface area (Å²) in [6.45, 7) is 5.77. The summed E-state index contributed by atoms with van der Waals surface area (Å²) in [7, 11) is 1.67. The zero-order valence-electron chi connectivity index (χ0n) is 21.4. The molecule has 36 heavy (non-hydrogen) atoms. The molecule has 2 fully saturated rings. The van der Waals surface area contributed by atoms with Crippen molar-refractivity contribution in [3.05, 3.63) is 71.0 Å². The molecule has 2 saturated heterocycles. The third kappa shape index (κ3) is 5.24. The van der Waals surface area contributed by atoms with Gasteiger partial charge in [-0.15, -0.1) is 0 Å². The molecule has 2 unspecified atom stereocenters. The van der Waals surface area contributed by atoms with Crippen molar-refractivity contribution in [2.24, 2.45) is 10.9 Å². The molecular formula is C30H36FN3O2. The van der Waals surface area contributed by atoms with Gasteiger partial charge >= 0.3 is 0 Å². The number of benzene rings is 2. The van der Waals surface area contributed by atoms with Crippen molar-refractivity contribution in [2.75, 3.05) is 33.3 Å². The van der Waals surface area contributed by atoms with Gasteiger partial charge in [0.05, 0.1) is 19.1 Å². The second-order valence-corrected chi connectivity index (χ2v) is 10.2. The minimum atomic E-state index is -0.222. The summed E-state index contributed by atoms with van der Waals surface area (Å²) in [5.41, 5.74) is 4.76. The summed E-state index contributed by atoms with van der Waals surface area (Å²) in [6, 6.07) is 15.0. The molecule has 3 heterocycles. The Morgan fingerprint density at radius 3 is 2.31 bits per heavy atom. The number of carbonyl (C=O) groups is 1. The van der Waals surface area contributed by atoms with E-state index in [1.54, 1.807) is 7.11 Å². The van der Waals surface area contributed by atoms with Crippen LogP contribution in [-0.2, 0) is 4.79 Å². The highest BCUT2D eigenvalue weighted by molar-refractivity contribution is 6.01. The number of halogens is 1. The first-order valence-electron chi connectivity index (χ1n) is 13.3. The predicted octanol–water partition coefficient (Wildman–Crippen LogP) is 5.55. The van der Waals surface area contributed by atoms with Crippen LogP contribution in [0.5, 0.6) is 5.75 Å². The number of aliphatic imine (C=N–C) groups is 1. The van der Waals surface area contributed by atoms with Gasteiger partial charge in [-0.1, -0.05) is 29.8 Å². The van der Waals surface area contributed by atoms with Crippen LogP contribution in [0.2, 0.25) is 0 Å². The average molecular weight is 490 g/mol. The molecule has 5 rings (SSSR count). The lowest BCUT2D eigenvalue weighted by molar-refractivity contribution is -0.133. The van der Waals surface area contributed by atoms with Crippen molar-refractivity contribution in [3.8, 4) is 5.75 Å². The van der Waals surface area contributed by atoms with E-state index in [-0.39, 0.29) is 23.7 Å². The highest BCUT2D eigenvalue weighted by atomic mass is 19.1. The van der Waals surface area contributed by atoms with Crippen LogP contribution in [0.1, 0.15) is 56.6 Å². The first kappa shape index (κ1) is 24.7. The average Bonchev–Trinajstić information content (AvgIpc) is 2.91. The first-order valence-corrected chi connectivity index (χ1v) is 13.3. The number of hydrogen-bond acceptors (Lipinski definition) is 4. The lowest BCUT2D eigenvalue weighted by Crippen LogP contribution is -2.51. The molecule has 5 nitrogen and oxygen atoms in total. The van der Waals surface area contributed by atoms with E-state index < -0.39 is 0 Å². The van der Waals surface area contributed by atoms with Crippen molar-refractivity contribution in [3.63, 3.8) is 0 Å². The summed E-state index contributed by atoms with van der Waals surface area (Å²) in [4.78, 5) is 22.5. The molecule has 2 aromatic rings. The number of carbonyl (C=O) groups excluding carboxylic acids is 1. The zero-order valence-corrected chi connectivity index (χ0v) is 21.4. The summed E-state index contributed by atoms with van der Waals surface area (Å²) in [5.74, 6) is 1.88. The van der Waals surface area contributed by atoms with Crippen molar-refractivity contribution in [2.45, 2.75) is 51.5 Å². The van der Waals surface area contributed by atoms with Gasteiger partial charge in [-0.05, 0) is 86.5 Å². The number of methoxy groups -OCH3 is 1. The Morgan fingerprint density at radius 2 is 1.64 bits per heavy atom. The largest absolute Gasteiger partial charge is 0.497 e. The SMILES string of the molecule is COc1ccc(C(=C2CCN(CCC3C(=O)N4CCCCC4=NC3C)CC2)c2ccc(F)cc2)cc1. The van der Waals surface area contributed by atoms with E-state index in [0.29, 0.717) is 0 Å². The Labute approximate surface area is 213 Å². The molecule has 0 spiro atoms. The number of ether oxygens (including phenoxy) is 1. The van der Waals surface area contributed by atoms with Crippen molar-refractivity contribution >= 4 is 17.3 Å². The molecular weight excluding hydrogens is 453 g/mol. The van der Waals surface area contributed by atoms with Crippen LogP contribution in [0.4, 0.5) is 4.39 Å². The molecule has 3 aliphatic rings. The van der Waals surface area contributed by atoms with Crippen LogP contribution in [-0.4, -0.2) is 60.9 Å². The zero-order chi connectivity index (χ0) is 25.1. The number of fused-ring (bicyclic) bond motifs is 1. The van der Waals surface area contributed by atoms with Crippen molar-refractivity contribution in [1.29, 1.82) is 0 Å². The van der Waals surface area contributed by atoms with Crippen molar-refractivity contribution < 1.29 is 13.9 Å². The van der Waals surface area contributed by atoms with Gasteiger partial charge in [-0.2, -0.15) is 0 Å². The fourth-order valence-corrected chi connectivity index (χ4v) is 5.85. The van der Waals surface area contributed by atoms with Crippen molar-refractivity contribution in [1.82, 2.24) is 9.80 Å². The van der Waals surface area contributed by atoms with E-state index in [4.69, 9.17) is 9.73 Å². The Bertz CT molecular complexity index is 1130. The van der Waals surface area contributed by atoms with E-state index >= 15 is 0 Å². The Hall–Kier alpha value is -2.99. The Balaban J connectivity index is 1.28. The Morgan fingerprint density at radius 1 is 0.972 bits per heavy atom. The van der Waals surface area contributed by atoms with Gasteiger partial charge in [0.25, 0.3) is 0 Å². The first-order chi connectivity index (χ1) is 17.5. The molecule has 2 aromatic carbocycles. The molecule has 0 bridgehead atoms. The molecule has 2 atom stereocenters. The second-order valence-electron chi connectivity index (χ2n) is 10.2. The third-order valence-corrected chi connectivity index (χ3v) is 7.94. The summed E-state index contributed by atoms with van der Waals surface area (Å²) in [5, 5.41) is 0. The molecule has 3 aliphatic heterocycles. The van der Waals surface area contributed by atoms with Gasteiger partial charge in [-0.3, -0.25) is 9.79 Å². The molecule has 0 aromatic heterocycles. The van der Waals surface area contributed by atoms with Gasteiger partial charge in [0.1, 0.15) is 17.4 Å². The number of piperidine rings is 2. The Kier molecular flexibility index (Phi) is 7.51. The molecule has 190 valence electrons. The van der Waals surface area contributed by atoms with E-state index in [9.17, 15) is 9.18 Å². The monoisotopic (exact) mass is 489 g/mol. The van der Waals surface area contributed by atoms with Gasteiger partial charge in [0.15, 0.2) is 0 Å². The summed E-state index contributed by atoms with van der Waals surface area (Å²) >= 11 is 0. The smallest absolute Gasteiger partial charge is 0.233 e. The van der Waals surface area contributed by atoms with E-state index in [1.807, 2.05) is 29.2 Å². The number of amides is 1. The fourth-order valence-electron chi connectivity index (χ4n) is 5.85. The van der Waals surface area contributed by atoms with Crippen LogP contribution in [0, 0.1) is 11.7 Å². The fraction of sp³-hybridized carbons (Fsp3) is 0.467. The molecule has 0 aliphatic carbocycles. The number of nitrogens with zero attached hydrogens (tertiary/aromatic N) is 3. The molecule has 1 amide bonds. The maximum absolute atomic E-state index is 13.7. The molecule has 6 heteroatoms. The van der Waals surface area contributed by atoms with E-state index in [2.05, 4.69) is 24.0 Å². The van der Waals surface area contributed by atoms with Crippen LogP contribution in [0.25, 0.3) is 5.57 Å². The van der Waals surface area contributed by atoms with E-state index in [0.717, 1.165) is 87.4 Å². The normalized spacial score (nSPS) is 22.8. The topological polar surface area (TPSA) is 45.1 Å². The predicted molar refractivity (Wildman–Crippen MR) is 142 cm³/mol. The number of amidine groups is 1. The van der Waals surface area contributed by atoms with Crippen LogP contribution in [0.15, 0.2) is 59.1 Å². The van der Waals surface area contributed by atoms with Crippen LogP contribution in [0.3, 0.4) is 0 Å². The van der Waals surface area contributed by atoms with Gasteiger partial charge in [0, 0.05) is 26.1 Å². The second kappa shape index (κ2) is 11.0. The number of rotatable bonds is 6. The minimum absolute atomic E-state index is 0.0159. The lowest BCUT2D eigenvalue weighted by Gasteiger charge is -2.39. The third-order valence-electron chi connectivity index (χ3n) is 7.94. The molecule has 0 N–H and O–H groups in total. The number of likely N-dealkylation sites (tertiary alicyclic amines) is 1. The minimum Gasteiger partial charge on any atom is -0.497 e. The summed E-state index contributed by atoms with van der Waals surface area (Å²) in [6.07, 6.45) is 5.94. The number of hydrogen-bond donors (Lipinski definition) is 0.